The summed E-state index contributed by atoms with van der Waals surface area (Å²) >= 11 is 6.13. The predicted octanol–water partition coefficient (Wildman–Crippen LogP) is 2.14. The van der Waals surface area contributed by atoms with Gasteiger partial charge in [0.05, 0.1) is 24.3 Å². The fourth-order valence-corrected chi connectivity index (χ4v) is 2.01. The quantitative estimate of drug-likeness (QED) is 0.711. The third-order valence-corrected chi connectivity index (χ3v) is 3.31. The fraction of sp³-hybridized carbons (Fsp3) is 0.438. The molecule has 1 aromatic carbocycles. The van der Waals surface area contributed by atoms with Crippen LogP contribution in [-0.4, -0.2) is 44.8 Å². The Labute approximate surface area is 150 Å². The van der Waals surface area contributed by atoms with Crippen LogP contribution in [0.3, 0.4) is 0 Å². The lowest BCUT2D eigenvalue weighted by Gasteiger charge is -2.15. The van der Waals surface area contributed by atoms with Crippen LogP contribution in [-0.2, 0) is 9.53 Å². The largest absolute Gasteiger partial charge is 0.493 e. The molecule has 3 amide bonds. The molecule has 0 aliphatic heterocycles. The molecule has 0 aliphatic carbocycles. The number of urea groups is 1. The van der Waals surface area contributed by atoms with Crippen LogP contribution in [0.1, 0.15) is 30.6 Å². The number of benzene rings is 1. The van der Waals surface area contributed by atoms with Gasteiger partial charge in [0, 0.05) is 7.05 Å². The predicted molar refractivity (Wildman–Crippen MR) is 91.3 cm³/mol. The maximum absolute atomic E-state index is 12.2. The van der Waals surface area contributed by atoms with E-state index in [0.717, 1.165) is 6.42 Å². The van der Waals surface area contributed by atoms with E-state index >= 15 is 0 Å². The minimum absolute atomic E-state index is 0.0882. The summed E-state index contributed by atoms with van der Waals surface area (Å²) in [5.41, 5.74) is 0.0882. The minimum Gasteiger partial charge on any atom is -0.493 e. The number of imide groups is 1. The van der Waals surface area contributed by atoms with Crippen LogP contribution in [0.15, 0.2) is 12.1 Å². The first-order valence-corrected chi connectivity index (χ1v) is 7.95. The lowest BCUT2D eigenvalue weighted by atomic mass is 10.2. The first-order valence-electron chi connectivity index (χ1n) is 7.57. The van der Waals surface area contributed by atoms with Crippen molar-refractivity contribution in [1.29, 1.82) is 0 Å². The molecular formula is C16H21ClN2O6. The molecule has 0 aromatic heterocycles. The molecule has 0 bridgehead atoms. The van der Waals surface area contributed by atoms with Crippen LogP contribution < -0.4 is 20.1 Å². The number of amides is 3. The van der Waals surface area contributed by atoms with Crippen molar-refractivity contribution in [2.75, 3.05) is 20.8 Å². The topological polar surface area (TPSA) is 103 Å². The molecule has 0 radical (unpaired) electrons. The number of nitrogens with one attached hydrogen (secondary N) is 2. The molecule has 0 unspecified atom stereocenters. The summed E-state index contributed by atoms with van der Waals surface area (Å²) < 4.78 is 15.7. The highest BCUT2D eigenvalue weighted by Gasteiger charge is 2.22. The Morgan fingerprint density at radius 2 is 1.96 bits per heavy atom. The number of carbonyl (C=O) groups is 3. The number of ether oxygens (including phenoxy) is 3. The zero-order chi connectivity index (χ0) is 19.0. The zero-order valence-electron chi connectivity index (χ0n) is 14.5. The van der Waals surface area contributed by atoms with Crippen molar-refractivity contribution in [2.24, 2.45) is 0 Å². The zero-order valence-corrected chi connectivity index (χ0v) is 15.2. The molecule has 25 heavy (non-hydrogen) atoms. The van der Waals surface area contributed by atoms with Crippen molar-refractivity contribution < 1.29 is 28.6 Å². The average molecular weight is 373 g/mol. The standard InChI is InChI=1S/C16H21ClN2O6/c1-5-6-24-13-11(17)7-10(8-12(13)23-4)15(21)25-9(2)14(20)19-16(22)18-3/h7-9H,5-6H2,1-4H3,(H2,18,19,20,22)/t9-/m0/s1. The number of carbonyl (C=O) groups excluding carboxylic acids is 3. The lowest BCUT2D eigenvalue weighted by Crippen LogP contribution is -2.43. The van der Waals surface area contributed by atoms with Gasteiger partial charge in [-0.3, -0.25) is 10.1 Å². The molecule has 0 fully saturated rings. The van der Waals surface area contributed by atoms with Crippen LogP contribution in [0, 0.1) is 0 Å². The van der Waals surface area contributed by atoms with E-state index in [4.69, 9.17) is 25.8 Å². The second kappa shape index (κ2) is 9.73. The van der Waals surface area contributed by atoms with Crippen LogP contribution in [0.25, 0.3) is 0 Å². The number of methoxy groups -OCH3 is 1. The van der Waals surface area contributed by atoms with E-state index < -0.39 is 24.0 Å². The second-order valence-corrected chi connectivity index (χ2v) is 5.36. The van der Waals surface area contributed by atoms with Crippen molar-refractivity contribution in [3.8, 4) is 11.5 Å². The Morgan fingerprint density at radius 3 is 2.52 bits per heavy atom. The Balaban J connectivity index is 2.89. The summed E-state index contributed by atoms with van der Waals surface area (Å²) in [4.78, 5) is 35.0. The second-order valence-electron chi connectivity index (χ2n) is 4.95. The molecule has 0 saturated carbocycles. The Morgan fingerprint density at radius 1 is 1.28 bits per heavy atom. The fourth-order valence-electron chi connectivity index (χ4n) is 1.74. The van der Waals surface area contributed by atoms with Crippen LogP contribution in [0.4, 0.5) is 4.79 Å². The van der Waals surface area contributed by atoms with Gasteiger partial charge in [-0.25, -0.2) is 9.59 Å². The Hall–Kier alpha value is -2.48. The molecule has 2 N–H and O–H groups in total. The summed E-state index contributed by atoms with van der Waals surface area (Å²) in [6, 6.07) is 2.07. The van der Waals surface area contributed by atoms with E-state index in [1.165, 1.54) is 33.2 Å². The van der Waals surface area contributed by atoms with Crippen molar-refractivity contribution >= 4 is 29.5 Å². The van der Waals surface area contributed by atoms with Crippen LogP contribution in [0.2, 0.25) is 5.02 Å². The van der Waals surface area contributed by atoms with Gasteiger partial charge in [-0.15, -0.1) is 0 Å². The van der Waals surface area contributed by atoms with Gasteiger partial charge in [0.2, 0.25) is 0 Å². The number of hydrogen-bond donors (Lipinski definition) is 2. The van der Waals surface area contributed by atoms with E-state index in [9.17, 15) is 14.4 Å². The van der Waals surface area contributed by atoms with Crippen LogP contribution in [0.5, 0.6) is 11.5 Å². The summed E-state index contributed by atoms with van der Waals surface area (Å²) in [5, 5.41) is 4.42. The molecule has 0 spiro atoms. The van der Waals surface area contributed by atoms with Gasteiger partial charge in [-0.1, -0.05) is 18.5 Å². The lowest BCUT2D eigenvalue weighted by molar-refractivity contribution is -0.127. The molecule has 9 heteroatoms. The first kappa shape index (κ1) is 20.6. The molecule has 0 heterocycles. The molecule has 0 aliphatic rings. The molecular weight excluding hydrogens is 352 g/mol. The van der Waals surface area contributed by atoms with E-state index in [1.54, 1.807) is 0 Å². The summed E-state index contributed by atoms with van der Waals surface area (Å²) in [6.07, 6.45) is -0.396. The third kappa shape index (κ3) is 5.82. The SMILES string of the molecule is CCCOc1c(Cl)cc(C(=O)O[C@@H](C)C(=O)NC(=O)NC)cc1OC. The normalized spacial score (nSPS) is 11.2. The number of hydrogen-bond acceptors (Lipinski definition) is 6. The average Bonchev–Trinajstić information content (AvgIpc) is 2.59. The van der Waals surface area contributed by atoms with Crippen molar-refractivity contribution in [1.82, 2.24) is 10.6 Å². The summed E-state index contributed by atoms with van der Waals surface area (Å²) in [5.74, 6) is -0.946. The number of halogens is 1. The maximum atomic E-state index is 12.2. The highest BCUT2D eigenvalue weighted by Crippen LogP contribution is 2.36. The van der Waals surface area contributed by atoms with Crippen LogP contribution >= 0.6 is 11.6 Å². The van der Waals surface area contributed by atoms with Crippen molar-refractivity contribution in [3.05, 3.63) is 22.7 Å². The van der Waals surface area contributed by atoms with Gasteiger partial charge < -0.3 is 19.5 Å². The number of rotatable bonds is 7. The maximum Gasteiger partial charge on any atom is 0.339 e. The van der Waals surface area contributed by atoms with E-state index in [0.29, 0.717) is 12.4 Å². The Bertz CT molecular complexity index is 650. The van der Waals surface area contributed by atoms with Gasteiger partial charge in [0.15, 0.2) is 17.6 Å². The van der Waals surface area contributed by atoms with E-state index in [2.05, 4.69) is 5.32 Å². The summed E-state index contributed by atoms with van der Waals surface area (Å²) in [6.45, 7) is 3.72. The minimum atomic E-state index is -1.18. The van der Waals surface area contributed by atoms with Gasteiger partial charge in [-0.05, 0) is 25.5 Å². The molecule has 8 nitrogen and oxygen atoms in total. The van der Waals surface area contributed by atoms with Gasteiger partial charge >= 0.3 is 12.0 Å². The molecule has 1 atom stereocenters. The highest BCUT2D eigenvalue weighted by molar-refractivity contribution is 6.32. The molecule has 0 saturated heterocycles. The first-order chi connectivity index (χ1) is 11.8. The molecule has 1 rings (SSSR count). The third-order valence-electron chi connectivity index (χ3n) is 3.03. The van der Waals surface area contributed by atoms with Crippen molar-refractivity contribution in [3.63, 3.8) is 0 Å². The molecule has 1 aromatic rings. The van der Waals surface area contributed by atoms with Gasteiger partial charge in [-0.2, -0.15) is 0 Å². The Kier molecular flexibility index (Phi) is 8.00. The van der Waals surface area contributed by atoms with Gasteiger partial charge in [0.1, 0.15) is 0 Å². The van der Waals surface area contributed by atoms with E-state index in [-0.39, 0.29) is 16.3 Å². The number of esters is 1. The van der Waals surface area contributed by atoms with Gasteiger partial charge in [0.25, 0.3) is 5.91 Å². The summed E-state index contributed by atoms with van der Waals surface area (Å²) in [7, 11) is 2.77. The van der Waals surface area contributed by atoms with Crippen molar-refractivity contribution in [2.45, 2.75) is 26.4 Å². The molecule has 138 valence electrons. The highest BCUT2D eigenvalue weighted by atomic mass is 35.5. The smallest absolute Gasteiger partial charge is 0.339 e. The van der Waals surface area contributed by atoms with E-state index in [1.807, 2.05) is 12.2 Å². The monoisotopic (exact) mass is 372 g/mol.